The predicted molar refractivity (Wildman–Crippen MR) is 122 cm³/mol. The largest absolute Gasteiger partial charge is 0.478 e. The van der Waals surface area contributed by atoms with Crippen LogP contribution in [-0.2, 0) is 13.0 Å². The number of nitrogens with zero attached hydrogens (tertiary/aromatic N) is 2. The summed E-state index contributed by atoms with van der Waals surface area (Å²) in [5, 5.41) is 9.45. The predicted octanol–water partition coefficient (Wildman–Crippen LogP) is 5.43. The van der Waals surface area contributed by atoms with Crippen molar-refractivity contribution in [3.8, 4) is 11.1 Å². The Morgan fingerprint density at radius 1 is 1.03 bits per heavy atom. The molecule has 168 valence electrons. The van der Waals surface area contributed by atoms with E-state index in [-0.39, 0.29) is 11.1 Å². The van der Waals surface area contributed by atoms with Crippen LogP contribution in [0.2, 0.25) is 0 Å². The molecule has 0 atom stereocenters. The standard InChI is InChI=1S/C26H22F2N2O3/c1-2-3-8-24-29-22-13-20(27)25(31)21(28)14-23(22)30(24)15-16-9-11-17(12-10-16)18-6-4-5-7-19(18)26(32)33/h4-7,9-14H,2-3,8,15H2,1H3,(H,32,33). The number of rotatable bonds is 7. The van der Waals surface area contributed by atoms with Gasteiger partial charge in [-0.05, 0) is 29.2 Å². The fourth-order valence-corrected chi connectivity index (χ4v) is 3.87. The minimum absolute atomic E-state index is 0.214. The van der Waals surface area contributed by atoms with Crippen LogP contribution in [0, 0.1) is 11.6 Å². The molecule has 0 aliphatic carbocycles. The molecule has 7 heteroatoms. The molecule has 0 spiro atoms. The molecule has 1 N–H and O–H groups in total. The molecule has 0 saturated carbocycles. The highest BCUT2D eigenvalue weighted by molar-refractivity contribution is 5.96. The third-order valence-electron chi connectivity index (χ3n) is 5.59. The topological polar surface area (TPSA) is 72.2 Å². The summed E-state index contributed by atoms with van der Waals surface area (Å²) in [7, 11) is 0. The lowest BCUT2D eigenvalue weighted by atomic mass is 9.99. The number of hydrogen-bond donors (Lipinski definition) is 1. The molecule has 4 rings (SSSR count). The van der Waals surface area contributed by atoms with Crippen molar-refractivity contribution in [1.82, 2.24) is 9.55 Å². The van der Waals surface area contributed by atoms with E-state index in [9.17, 15) is 23.5 Å². The zero-order valence-electron chi connectivity index (χ0n) is 18.0. The summed E-state index contributed by atoms with van der Waals surface area (Å²) < 4.78 is 30.1. The zero-order valence-corrected chi connectivity index (χ0v) is 18.0. The fourth-order valence-electron chi connectivity index (χ4n) is 3.87. The van der Waals surface area contributed by atoms with E-state index in [1.54, 1.807) is 28.8 Å². The van der Waals surface area contributed by atoms with Crippen LogP contribution < -0.4 is 5.43 Å². The summed E-state index contributed by atoms with van der Waals surface area (Å²) in [6.07, 6.45) is 2.42. The smallest absolute Gasteiger partial charge is 0.336 e. The number of aromatic carboxylic acids is 1. The van der Waals surface area contributed by atoms with Gasteiger partial charge in [0.1, 0.15) is 5.82 Å². The van der Waals surface area contributed by atoms with E-state index in [4.69, 9.17) is 0 Å². The number of unbranched alkanes of at least 4 members (excludes halogenated alkanes) is 1. The molecule has 0 saturated heterocycles. The third kappa shape index (κ3) is 4.53. The molecule has 4 aromatic rings. The second-order valence-electron chi connectivity index (χ2n) is 7.85. The van der Waals surface area contributed by atoms with Crippen molar-refractivity contribution in [3.63, 3.8) is 0 Å². The van der Waals surface area contributed by atoms with Crippen molar-refractivity contribution in [2.24, 2.45) is 0 Å². The molecule has 3 aromatic carbocycles. The van der Waals surface area contributed by atoms with E-state index in [1.165, 1.54) is 0 Å². The number of hydrogen-bond acceptors (Lipinski definition) is 3. The number of carbonyl (C=O) groups is 1. The summed E-state index contributed by atoms with van der Waals surface area (Å²) in [5.41, 5.74) is 1.75. The van der Waals surface area contributed by atoms with Gasteiger partial charge < -0.3 is 9.67 Å². The average molecular weight is 448 g/mol. The molecule has 0 amide bonds. The monoisotopic (exact) mass is 448 g/mol. The van der Waals surface area contributed by atoms with E-state index < -0.39 is 23.0 Å². The summed E-state index contributed by atoms with van der Waals surface area (Å²) in [4.78, 5) is 27.7. The molecule has 0 aliphatic rings. The lowest BCUT2D eigenvalue weighted by Gasteiger charge is -2.11. The Labute approximate surface area is 189 Å². The average Bonchev–Trinajstić information content (AvgIpc) is 3.07. The van der Waals surface area contributed by atoms with Gasteiger partial charge in [0.25, 0.3) is 0 Å². The van der Waals surface area contributed by atoms with Gasteiger partial charge >= 0.3 is 5.97 Å². The highest BCUT2D eigenvalue weighted by Gasteiger charge is 2.15. The van der Waals surface area contributed by atoms with Gasteiger partial charge in [0, 0.05) is 25.1 Å². The van der Waals surface area contributed by atoms with Gasteiger partial charge in [0.15, 0.2) is 11.6 Å². The Hall–Kier alpha value is -3.87. The molecular formula is C26H22F2N2O3. The van der Waals surface area contributed by atoms with Crippen LogP contribution in [0.1, 0.15) is 41.5 Å². The second-order valence-corrected chi connectivity index (χ2v) is 7.85. The molecule has 0 bridgehead atoms. The maximum Gasteiger partial charge on any atom is 0.336 e. The number of carboxylic acid groups (broad SMARTS) is 1. The number of imidazole rings is 1. The molecule has 33 heavy (non-hydrogen) atoms. The highest BCUT2D eigenvalue weighted by atomic mass is 19.1. The lowest BCUT2D eigenvalue weighted by Crippen LogP contribution is -2.08. The zero-order chi connectivity index (χ0) is 23.5. The summed E-state index contributed by atoms with van der Waals surface area (Å²) in [5.74, 6) is -2.65. The maximum atomic E-state index is 14.2. The first-order valence-corrected chi connectivity index (χ1v) is 10.7. The van der Waals surface area contributed by atoms with Crippen molar-refractivity contribution in [2.75, 3.05) is 0 Å². The third-order valence-corrected chi connectivity index (χ3v) is 5.59. The Balaban J connectivity index is 1.75. The Morgan fingerprint density at radius 2 is 1.73 bits per heavy atom. The van der Waals surface area contributed by atoms with E-state index in [2.05, 4.69) is 4.98 Å². The van der Waals surface area contributed by atoms with Gasteiger partial charge in [0.2, 0.25) is 5.43 Å². The van der Waals surface area contributed by atoms with E-state index in [0.717, 1.165) is 36.1 Å². The van der Waals surface area contributed by atoms with E-state index in [0.29, 0.717) is 29.9 Å². The second kappa shape index (κ2) is 9.32. The van der Waals surface area contributed by atoms with Gasteiger partial charge in [-0.3, -0.25) is 4.79 Å². The SMILES string of the molecule is CCCCc1nc2cc(F)c(=O)c(F)cc2n1Cc1ccc(-c2ccccc2C(=O)O)cc1. The molecule has 0 radical (unpaired) electrons. The number of fused-ring (bicyclic) bond motifs is 1. The first-order chi connectivity index (χ1) is 15.9. The number of aryl methyl sites for hydroxylation is 1. The van der Waals surface area contributed by atoms with Crippen molar-refractivity contribution < 1.29 is 18.7 Å². The molecule has 1 heterocycles. The van der Waals surface area contributed by atoms with E-state index >= 15 is 0 Å². The van der Waals surface area contributed by atoms with Crippen LogP contribution in [-0.4, -0.2) is 20.6 Å². The molecule has 5 nitrogen and oxygen atoms in total. The molecule has 0 aliphatic heterocycles. The van der Waals surface area contributed by atoms with Crippen LogP contribution in [0.25, 0.3) is 22.2 Å². The Kier molecular flexibility index (Phi) is 6.31. The van der Waals surface area contributed by atoms with Crippen LogP contribution in [0.4, 0.5) is 8.78 Å². The number of carboxylic acids is 1. The summed E-state index contributed by atoms with van der Waals surface area (Å²) in [6, 6.07) is 16.2. The van der Waals surface area contributed by atoms with Crippen LogP contribution >= 0.6 is 0 Å². The van der Waals surface area contributed by atoms with Crippen molar-refractivity contribution in [3.05, 3.63) is 99.5 Å². The van der Waals surface area contributed by atoms with Crippen LogP contribution in [0.3, 0.4) is 0 Å². The Morgan fingerprint density at radius 3 is 2.42 bits per heavy atom. The van der Waals surface area contributed by atoms with Gasteiger partial charge in [0.05, 0.1) is 16.6 Å². The number of aromatic nitrogens is 2. The molecule has 1 aromatic heterocycles. The fraction of sp³-hybridized carbons (Fsp3) is 0.192. The van der Waals surface area contributed by atoms with Crippen molar-refractivity contribution in [2.45, 2.75) is 32.7 Å². The summed E-state index contributed by atoms with van der Waals surface area (Å²) >= 11 is 0. The maximum absolute atomic E-state index is 14.2. The quantitative estimate of drug-likeness (QED) is 0.409. The lowest BCUT2D eigenvalue weighted by molar-refractivity contribution is 0.0697. The van der Waals surface area contributed by atoms with Gasteiger partial charge in [-0.1, -0.05) is 55.8 Å². The minimum Gasteiger partial charge on any atom is -0.478 e. The van der Waals surface area contributed by atoms with Crippen molar-refractivity contribution >= 4 is 17.0 Å². The summed E-state index contributed by atoms with van der Waals surface area (Å²) in [6.45, 7) is 2.39. The van der Waals surface area contributed by atoms with Crippen LogP contribution in [0.5, 0.6) is 0 Å². The molecule has 0 fully saturated rings. The van der Waals surface area contributed by atoms with Crippen molar-refractivity contribution in [1.29, 1.82) is 0 Å². The Bertz CT molecular complexity index is 1400. The first-order valence-electron chi connectivity index (χ1n) is 10.7. The molecular weight excluding hydrogens is 426 g/mol. The van der Waals surface area contributed by atoms with Gasteiger partial charge in [-0.15, -0.1) is 0 Å². The van der Waals surface area contributed by atoms with Gasteiger partial charge in [-0.25, -0.2) is 18.6 Å². The van der Waals surface area contributed by atoms with E-state index in [1.807, 2.05) is 31.2 Å². The minimum atomic E-state index is -1.28. The normalized spacial score (nSPS) is 11.1. The molecule has 0 unspecified atom stereocenters. The number of halogens is 2. The number of benzene rings is 2. The highest BCUT2D eigenvalue weighted by Crippen LogP contribution is 2.25. The van der Waals surface area contributed by atoms with Gasteiger partial charge in [-0.2, -0.15) is 0 Å². The first kappa shape index (κ1) is 22.3. The van der Waals surface area contributed by atoms with Crippen LogP contribution in [0.15, 0.2) is 65.5 Å².